The van der Waals surface area contributed by atoms with Crippen LogP contribution >= 0.6 is 0 Å². The van der Waals surface area contributed by atoms with E-state index in [0.29, 0.717) is 5.56 Å². The van der Waals surface area contributed by atoms with Crippen LogP contribution in [0.25, 0.3) is 22.4 Å². The molecule has 0 saturated heterocycles. The minimum Gasteiger partial charge on any atom is -0.358 e. The van der Waals surface area contributed by atoms with E-state index in [1.807, 2.05) is 13.0 Å². The molecule has 3 nitrogen and oxygen atoms in total. The summed E-state index contributed by atoms with van der Waals surface area (Å²) < 4.78 is 49.8. The lowest BCUT2D eigenvalue weighted by atomic mass is 10.0. The second-order valence-corrected chi connectivity index (χ2v) is 7.68. The molecule has 2 aromatic carbocycles. The van der Waals surface area contributed by atoms with Crippen molar-refractivity contribution in [3.05, 3.63) is 65.9 Å². The lowest BCUT2D eigenvalue weighted by Crippen LogP contribution is -1.96. The third-order valence-electron chi connectivity index (χ3n) is 3.75. The first-order chi connectivity index (χ1) is 11.3. The van der Waals surface area contributed by atoms with Crippen molar-refractivity contribution in [3.8, 4) is 22.4 Å². The Balaban J connectivity index is 2.11. The Labute approximate surface area is 138 Å². The van der Waals surface area contributed by atoms with Crippen molar-refractivity contribution in [3.63, 3.8) is 0 Å². The van der Waals surface area contributed by atoms with E-state index in [1.54, 1.807) is 12.1 Å². The molecule has 0 aliphatic carbocycles. The molecule has 0 aliphatic rings. The molecule has 24 heavy (non-hydrogen) atoms. The second-order valence-electron chi connectivity index (χ2n) is 5.67. The highest BCUT2D eigenvalue weighted by molar-refractivity contribution is 7.90. The third-order valence-corrected chi connectivity index (χ3v) is 4.88. The quantitative estimate of drug-likeness (QED) is 0.766. The highest BCUT2D eigenvalue weighted by Gasteiger charge is 2.14. The van der Waals surface area contributed by atoms with Gasteiger partial charge in [0.1, 0.15) is 0 Å². The summed E-state index contributed by atoms with van der Waals surface area (Å²) in [6, 6.07) is 12.0. The van der Waals surface area contributed by atoms with Gasteiger partial charge in [-0.25, -0.2) is 17.2 Å². The molecule has 3 aromatic rings. The Kier molecular flexibility index (Phi) is 4.01. The predicted molar refractivity (Wildman–Crippen MR) is 89.4 cm³/mol. The molecule has 0 radical (unpaired) electrons. The van der Waals surface area contributed by atoms with Gasteiger partial charge in [0.15, 0.2) is 21.5 Å². The van der Waals surface area contributed by atoms with Crippen LogP contribution in [0.4, 0.5) is 8.78 Å². The molecular formula is C18H15F2NO2S. The van der Waals surface area contributed by atoms with Crippen molar-refractivity contribution >= 4 is 9.84 Å². The van der Waals surface area contributed by atoms with E-state index in [2.05, 4.69) is 4.98 Å². The van der Waals surface area contributed by atoms with Gasteiger partial charge in [0.2, 0.25) is 0 Å². The summed E-state index contributed by atoms with van der Waals surface area (Å²) in [6.07, 6.45) is 1.15. The van der Waals surface area contributed by atoms with Crippen LogP contribution < -0.4 is 0 Å². The average molecular weight is 347 g/mol. The van der Waals surface area contributed by atoms with E-state index < -0.39 is 21.5 Å². The van der Waals surface area contributed by atoms with E-state index in [1.165, 1.54) is 18.2 Å². The molecule has 1 aromatic heterocycles. The van der Waals surface area contributed by atoms with Crippen LogP contribution in [0.2, 0.25) is 0 Å². The number of aromatic nitrogens is 1. The van der Waals surface area contributed by atoms with Gasteiger partial charge in [0.05, 0.1) is 10.6 Å². The van der Waals surface area contributed by atoms with Crippen LogP contribution in [0.15, 0.2) is 53.4 Å². The van der Waals surface area contributed by atoms with Gasteiger partial charge in [-0.05, 0) is 48.4 Å². The highest BCUT2D eigenvalue weighted by atomic mass is 32.2. The number of H-pyrrole nitrogens is 1. The maximum atomic E-state index is 13.5. The van der Waals surface area contributed by atoms with Crippen molar-refractivity contribution in [2.24, 2.45) is 0 Å². The lowest BCUT2D eigenvalue weighted by molar-refractivity contribution is 0.509. The molecule has 0 atom stereocenters. The maximum Gasteiger partial charge on any atom is 0.175 e. The van der Waals surface area contributed by atoms with E-state index >= 15 is 0 Å². The number of hydrogen-bond acceptors (Lipinski definition) is 2. The summed E-state index contributed by atoms with van der Waals surface area (Å²) in [5.74, 6) is -1.81. The predicted octanol–water partition coefficient (Wildman–Crippen LogP) is 4.34. The van der Waals surface area contributed by atoms with Crippen molar-refractivity contribution in [1.29, 1.82) is 0 Å². The molecule has 0 amide bonds. The number of benzene rings is 2. The first kappa shape index (κ1) is 16.4. The van der Waals surface area contributed by atoms with Gasteiger partial charge in [0.25, 0.3) is 0 Å². The van der Waals surface area contributed by atoms with Crippen LogP contribution in [-0.4, -0.2) is 19.7 Å². The summed E-state index contributed by atoms with van der Waals surface area (Å²) in [4.78, 5) is 3.41. The van der Waals surface area contributed by atoms with E-state index in [9.17, 15) is 17.2 Å². The Morgan fingerprint density at radius 1 is 0.875 bits per heavy atom. The van der Waals surface area contributed by atoms with Crippen LogP contribution in [-0.2, 0) is 9.84 Å². The molecule has 124 valence electrons. The number of sulfone groups is 1. The van der Waals surface area contributed by atoms with E-state index in [-0.39, 0.29) is 4.90 Å². The smallest absolute Gasteiger partial charge is 0.175 e. The van der Waals surface area contributed by atoms with Crippen molar-refractivity contribution < 1.29 is 17.2 Å². The van der Waals surface area contributed by atoms with Crippen LogP contribution in [0.1, 0.15) is 5.69 Å². The molecule has 0 unspecified atom stereocenters. The first-order valence-electron chi connectivity index (χ1n) is 7.21. The second kappa shape index (κ2) is 5.87. The monoisotopic (exact) mass is 347 g/mol. The van der Waals surface area contributed by atoms with Gasteiger partial charge >= 0.3 is 0 Å². The fourth-order valence-corrected chi connectivity index (χ4v) is 3.21. The molecule has 0 fully saturated rings. The number of rotatable bonds is 3. The van der Waals surface area contributed by atoms with Gasteiger partial charge in [-0.1, -0.05) is 18.2 Å². The number of halogens is 2. The highest BCUT2D eigenvalue weighted by Crippen LogP contribution is 2.33. The van der Waals surface area contributed by atoms with Gasteiger partial charge in [-0.2, -0.15) is 0 Å². The summed E-state index contributed by atoms with van der Waals surface area (Å²) in [5.41, 5.74) is 3.60. The fourth-order valence-electron chi connectivity index (χ4n) is 2.58. The van der Waals surface area contributed by atoms with E-state index in [0.717, 1.165) is 40.9 Å². The van der Waals surface area contributed by atoms with Crippen LogP contribution in [0.3, 0.4) is 0 Å². The van der Waals surface area contributed by atoms with Crippen molar-refractivity contribution in [2.45, 2.75) is 11.8 Å². The standard InChI is InChI=1S/C18H15F2NO2S/c1-11-9-15(13-5-8-16(19)17(20)10-13)18(21-11)12-3-6-14(7-4-12)24(2,22)23/h3-10,21H,1-2H3. The summed E-state index contributed by atoms with van der Waals surface area (Å²) >= 11 is 0. The van der Waals surface area contributed by atoms with Crippen LogP contribution in [0.5, 0.6) is 0 Å². The zero-order valence-corrected chi connectivity index (χ0v) is 13.9. The Morgan fingerprint density at radius 3 is 2.08 bits per heavy atom. The molecule has 1 N–H and O–H groups in total. The SMILES string of the molecule is Cc1cc(-c2ccc(F)c(F)c2)c(-c2ccc(S(C)(=O)=O)cc2)[nH]1. The Morgan fingerprint density at radius 2 is 1.50 bits per heavy atom. The normalized spacial score (nSPS) is 11.7. The third kappa shape index (κ3) is 3.10. The zero-order valence-electron chi connectivity index (χ0n) is 13.1. The van der Waals surface area contributed by atoms with Gasteiger partial charge < -0.3 is 4.98 Å². The number of aryl methyl sites for hydroxylation is 1. The lowest BCUT2D eigenvalue weighted by Gasteiger charge is -2.06. The molecular weight excluding hydrogens is 332 g/mol. The van der Waals surface area contributed by atoms with Gasteiger partial charge in [-0.15, -0.1) is 0 Å². The van der Waals surface area contributed by atoms with Gasteiger partial charge in [0, 0.05) is 17.5 Å². The molecule has 6 heteroatoms. The molecule has 0 aliphatic heterocycles. The number of aromatic amines is 1. The minimum atomic E-state index is -3.27. The molecule has 0 saturated carbocycles. The molecule has 3 rings (SSSR count). The fraction of sp³-hybridized carbons (Fsp3) is 0.111. The van der Waals surface area contributed by atoms with Crippen molar-refractivity contribution in [2.75, 3.05) is 6.26 Å². The largest absolute Gasteiger partial charge is 0.358 e. The van der Waals surface area contributed by atoms with Gasteiger partial charge in [-0.3, -0.25) is 0 Å². The summed E-state index contributed by atoms with van der Waals surface area (Å²) in [5, 5.41) is 0. The molecule has 0 spiro atoms. The average Bonchev–Trinajstić information content (AvgIpc) is 2.91. The summed E-state index contributed by atoms with van der Waals surface area (Å²) in [7, 11) is -3.27. The molecule has 1 heterocycles. The number of hydrogen-bond donors (Lipinski definition) is 1. The van der Waals surface area contributed by atoms with Crippen molar-refractivity contribution in [1.82, 2.24) is 4.98 Å². The topological polar surface area (TPSA) is 49.9 Å². The Bertz CT molecular complexity index is 1010. The Hall–Kier alpha value is -2.47. The maximum absolute atomic E-state index is 13.5. The van der Waals surface area contributed by atoms with Crippen LogP contribution in [0, 0.1) is 18.6 Å². The summed E-state index contributed by atoms with van der Waals surface area (Å²) in [6.45, 7) is 1.86. The number of nitrogens with one attached hydrogen (secondary N) is 1. The zero-order chi connectivity index (χ0) is 17.5. The van der Waals surface area contributed by atoms with E-state index in [4.69, 9.17) is 0 Å². The minimum absolute atomic E-state index is 0.226. The molecule has 0 bridgehead atoms. The first-order valence-corrected chi connectivity index (χ1v) is 9.10.